The molecule has 1 fully saturated rings. The average molecular weight is 485 g/mol. The number of ether oxygens (including phenoxy) is 1. The van der Waals surface area contributed by atoms with Gasteiger partial charge < -0.3 is 19.9 Å². The van der Waals surface area contributed by atoms with Crippen LogP contribution in [0.5, 0.6) is 0 Å². The summed E-state index contributed by atoms with van der Waals surface area (Å²) < 4.78 is 5.52. The second kappa shape index (κ2) is 10.5. The van der Waals surface area contributed by atoms with Crippen LogP contribution in [0.4, 0.5) is 5.69 Å². The third kappa shape index (κ3) is 4.84. The van der Waals surface area contributed by atoms with Gasteiger partial charge in [0, 0.05) is 86.2 Å². The highest BCUT2D eigenvalue weighted by Gasteiger charge is 2.30. The average Bonchev–Trinajstić information content (AvgIpc) is 2.92. The van der Waals surface area contributed by atoms with Gasteiger partial charge in [-0.1, -0.05) is 6.07 Å². The summed E-state index contributed by atoms with van der Waals surface area (Å²) in [6, 6.07) is 10.5. The van der Waals surface area contributed by atoms with E-state index in [1.165, 1.54) is 0 Å². The summed E-state index contributed by atoms with van der Waals surface area (Å²) in [5, 5.41) is 23.0. The lowest BCUT2D eigenvalue weighted by atomic mass is 9.92. The highest BCUT2D eigenvalue weighted by atomic mass is 16.5. The zero-order chi connectivity index (χ0) is 25.1. The fraction of sp³-hybridized carbons (Fsp3) is 0.429. The Labute approximate surface area is 212 Å². The number of fused-ring (bicyclic) bond motifs is 1. The second-order valence-electron chi connectivity index (χ2n) is 9.66. The normalized spacial score (nSPS) is 18.4. The molecule has 0 radical (unpaired) electrons. The molecule has 0 aliphatic carbocycles. The molecule has 8 heteroatoms. The number of nitrogens with one attached hydrogen (secondary N) is 2. The molecule has 0 atom stereocenters. The molecular weight excluding hydrogens is 452 g/mol. The number of nitriles is 1. The number of benzene rings is 1. The molecule has 8 nitrogen and oxygen atoms in total. The largest absolute Gasteiger partial charge is 0.385 e. The van der Waals surface area contributed by atoms with Crippen LogP contribution in [-0.4, -0.2) is 60.5 Å². The number of amides is 1. The van der Waals surface area contributed by atoms with Crippen LogP contribution in [0.15, 0.2) is 47.9 Å². The molecule has 1 aromatic carbocycles. The van der Waals surface area contributed by atoms with Crippen molar-refractivity contribution in [2.45, 2.75) is 45.1 Å². The first-order valence-electron chi connectivity index (χ1n) is 12.7. The maximum absolute atomic E-state index is 12.2. The van der Waals surface area contributed by atoms with Gasteiger partial charge in [-0.25, -0.2) is 0 Å². The number of nitrogens with zero attached hydrogens (tertiary/aromatic N) is 4. The lowest BCUT2D eigenvalue weighted by Gasteiger charge is -2.38. The minimum Gasteiger partial charge on any atom is -0.385 e. The Morgan fingerprint density at radius 3 is 2.81 bits per heavy atom. The van der Waals surface area contributed by atoms with Gasteiger partial charge >= 0.3 is 0 Å². The fourth-order valence-corrected chi connectivity index (χ4v) is 5.38. The van der Waals surface area contributed by atoms with E-state index >= 15 is 0 Å². The predicted octanol–water partition coefficient (Wildman–Crippen LogP) is 3.63. The molecule has 2 N–H and O–H groups in total. The molecule has 36 heavy (non-hydrogen) atoms. The lowest BCUT2D eigenvalue weighted by molar-refractivity contribution is -0.128. The monoisotopic (exact) mass is 484 g/mol. The zero-order valence-corrected chi connectivity index (χ0v) is 20.7. The van der Waals surface area contributed by atoms with E-state index in [1.807, 2.05) is 28.0 Å². The Bertz CT molecular complexity index is 1230. The summed E-state index contributed by atoms with van der Waals surface area (Å²) in [6.45, 7) is 4.86. The van der Waals surface area contributed by atoms with Gasteiger partial charge in [-0.2, -0.15) is 5.26 Å². The Kier molecular flexibility index (Phi) is 7.01. The molecule has 1 saturated heterocycles. The van der Waals surface area contributed by atoms with E-state index in [0.29, 0.717) is 43.5 Å². The van der Waals surface area contributed by atoms with Gasteiger partial charge in [-0.15, -0.1) is 0 Å². The quantitative estimate of drug-likeness (QED) is 0.507. The first-order chi connectivity index (χ1) is 17.5. The molecule has 3 aliphatic rings. The van der Waals surface area contributed by atoms with Gasteiger partial charge in [-0.05, 0) is 49.4 Å². The van der Waals surface area contributed by atoms with Crippen LogP contribution in [0.3, 0.4) is 0 Å². The Morgan fingerprint density at radius 2 is 2.08 bits per heavy atom. The number of aryl methyl sites for hydroxylation is 1. The van der Waals surface area contributed by atoms with Crippen molar-refractivity contribution in [2.24, 2.45) is 0 Å². The number of pyridine rings is 1. The second-order valence-corrected chi connectivity index (χ2v) is 9.66. The molecule has 0 bridgehead atoms. The summed E-state index contributed by atoms with van der Waals surface area (Å²) >= 11 is 0. The number of anilines is 1. The molecule has 5 rings (SSSR count). The number of aromatic nitrogens is 1. The molecular formula is C28H32N6O2. The van der Waals surface area contributed by atoms with Crippen LogP contribution in [0.2, 0.25) is 0 Å². The van der Waals surface area contributed by atoms with E-state index in [0.717, 1.165) is 72.5 Å². The topological polar surface area (TPSA) is 105 Å². The number of rotatable bonds is 4. The predicted molar refractivity (Wildman–Crippen MR) is 139 cm³/mol. The number of carbonyl (C=O) groups is 1. The standard InChI is InChI=1S/C28H32N6O2/c1-19(35)33-11-6-26(32-23-7-12-36-13-8-23)25(18-33)28(30)34-10-3-5-20-14-24(21-4-2-9-31-17-21)22(16-29)15-27(20)34/h2,4,9,14-15,17,23,30,32H,3,5-8,10-13,18H2,1H3. The molecule has 1 aromatic heterocycles. The third-order valence-corrected chi connectivity index (χ3v) is 7.38. The van der Waals surface area contributed by atoms with E-state index in [1.54, 1.807) is 19.3 Å². The molecule has 186 valence electrons. The summed E-state index contributed by atoms with van der Waals surface area (Å²) in [6.07, 6.45) is 7.90. The van der Waals surface area contributed by atoms with Gasteiger partial charge in [0.15, 0.2) is 0 Å². The van der Waals surface area contributed by atoms with E-state index < -0.39 is 0 Å². The van der Waals surface area contributed by atoms with E-state index in [-0.39, 0.29) is 5.91 Å². The Morgan fingerprint density at radius 1 is 1.25 bits per heavy atom. The van der Waals surface area contributed by atoms with Gasteiger partial charge in [0.2, 0.25) is 5.91 Å². The summed E-state index contributed by atoms with van der Waals surface area (Å²) in [4.78, 5) is 20.3. The third-order valence-electron chi connectivity index (χ3n) is 7.38. The highest BCUT2D eigenvalue weighted by Crippen LogP contribution is 2.36. The minimum atomic E-state index is 0.0253. The van der Waals surface area contributed by atoms with E-state index in [4.69, 9.17) is 4.74 Å². The number of hydrogen-bond acceptors (Lipinski definition) is 6. The van der Waals surface area contributed by atoms with Crippen LogP contribution >= 0.6 is 0 Å². The number of hydrogen-bond donors (Lipinski definition) is 2. The van der Waals surface area contributed by atoms with E-state index in [2.05, 4.69) is 22.4 Å². The molecule has 3 aliphatic heterocycles. The van der Waals surface area contributed by atoms with Crippen molar-refractivity contribution in [3.63, 3.8) is 0 Å². The molecule has 0 unspecified atom stereocenters. The van der Waals surface area contributed by atoms with Crippen LogP contribution in [0.25, 0.3) is 11.1 Å². The van der Waals surface area contributed by atoms with Gasteiger partial charge in [0.1, 0.15) is 5.84 Å². The first kappa shape index (κ1) is 24.0. The molecule has 0 spiro atoms. The summed E-state index contributed by atoms with van der Waals surface area (Å²) in [5.74, 6) is 0.437. The zero-order valence-electron chi connectivity index (χ0n) is 20.7. The number of carbonyl (C=O) groups excluding carboxylic acids is 1. The van der Waals surface area contributed by atoms with Crippen molar-refractivity contribution >= 4 is 17.4 Å². The molecule has 1 amide bonds. The van der Waals surface area contributed by atoms with Crippen LogP contribution < -0.4 is 10.2 Å². The van der Waals surface area contributed by atoms with Crippen molar-refractivity contribution in [3.05, 3.63) is 59.1 Å². The lowest BCUT2D eigenvalue weighted by Crippen LogP contribution is -2.46. The van der Waals surface area contributed by atoms with Gasteiger partial charge in [0.05, 0.1) is 18.2 Å². The molecule has 2 aromatic rings. The minimum absolute atomic E-state index is 0.0253. The van der Waals surface area contributed by atoms with Crippen molar-refractivity contribution in [3.8, 4) is 17.2 Å². The van der Waals surface area contributed by atoms with Crippen molar-refractivity contribution in [1.82, 2.24) is 15.2 Å². The van der Waals surface area contributed by atoms with Crippen LogP contribution in [0, 0.1) is 16.7 Å². The first-order valence-corrected chi connectivity index (χ1v) is 12.7. The maximum Gasteiger partial charge on any atom is 0.219 e. The number of amidine groups is 1. The SMILES string of the molecule is CC(=O)N1CCC(NC2CCOCC2)=C(C(=N)N2CCCc3cc(-c4cccnc4)c(C#N)cc32)C1. The van der Waals surface area contributed by atoms with Crippen molar-refractivity contribution in [1.29, 1.82) is 10.7 Å². The van der Waals surface area contributed by atoms with Crippen LogP contribution in [0.1, 0.15) is 43.7 Å². The molecule has 0 saturated carbocycles. The smallest absolute Gasteiger partial charge is 0.219 e. The van der Waals surface area contributed by atoms with E-state index in [9.17, 15) is 15.5 Å². The van der Waals surface area contributed by atoms with Crippen molar-refractivity contribution in [2.75, 3.05) is 37.7 Å². The summed E-state index contributed by atoms with van der Waals surface area (Å²) in [7, 11) is 0. The maximum atomic E-state index is 12.2. The van der Waals surface area contributed by atoms with Crippen molar-refractivity contribution < 1.29 is 9.53 Å². The van der Waals surface area contributed by atoms with Crippen LogP contribution in [-0.2, 0) is 16.0 Å². The Hall–Kier alpha value is -3.70. The highest BCUT2D eigenvalue weighted by molar-refractivity contribution is 6.09. The molecule has 4 heterocycles. The summed E-state index contributed by atoms with van der Waals surface area (Å²) in [5.41, 5.74) is 6.33. The van der Waals surface area contributed by atoms with Gasteiger partial charge in [0.25, 0.3) is 0 Å². The van der Waals surface area contributed by atoms with Gasteiger partial charge in [-0.3, -0.25) is 15.2 Å². The fourth-order valence-electron chi connectivity index (χ4n) is 5.38. The Balaban J connectivity index is 1.50.